The molecule has 0 saturated carbocycles. The number of fused-ring (bicyclic) bond motifs is 2. The summed E-state index contributed by atoms with van der Waals surface area (Å²) in [4.78, 5) is 28.8. The average molecular weight is 1110 g/mol. The number of aliphatic hydroxyl groups is 9. The predicted molar refractivity (Wildman–Crippen MR) is 260 cm³/mol. The third-order valence-corrected chi connectivity index (χ3v) is 15.8. The molecule has 24 nitrogen and oxygen atoms in total. The van der Waals surface area contributed by atoms with Gasteiger partial charge in [0.05, 0.1) is 66.6 Å². The number of carbonyl (C=O) groups is 2. The Morgan fingerprint density at radius 2 is 1.18 bits per heavy atom. The van der Waals surface area contributed by atoms with Crippen LogP contribution in [0.25, 0.3) is 10.8 Å². The number of benzene rings is 2. The minimum absolute atomic E-state index is 0. The monoisotopic (exact) mass is 1110 g/mol. The summed E-state index contributed by atoms with van der Waals surface area (Å²) in [5, 5.41) is 125. The van der Waals surface area contributed by atoms with E-state index in [2.05, 4.69) is 0 Å². The second kappa shape index (κ2) is 24.9. The average Bonchev–Trinajstić information content (AvgIpc) is 3.38. The van der Waals surface area contributed by atoms with Crippen molar-refractivity contribution in [1.82, 2.24) is 0 Å². The Hall–Kier alpha value is -2.55. The predicted octanol–water partition coefficient (Wildman–Crippen LogP) is -1.89. The van der Waals surface area contributed by atoms with Crippen molar-refractivity contribution < 1.29 is 118 Å². The van der Waals surface area contributed by atoms with E-state index in [0.717, 1.165) is 7.11 Å². The standard InChI is InChI=1S/C52H76O24.Mg/c1-18-29(72-34-14-30(43(58)21(4)68-34)73-33-13-28(54)42(57)20(3)67-33)12-26-10-25-11-27(49(66-9)48(63)41(56)19(2)53)50(47(62)39(25)46(61)38(26)40(18)55)76-36-16-31(44(59)23(6)70-36)74-35-15-32(45(60)22(5)69-35)75-37-17-52(8,65)51(64)24(7)71-37;/h10,12,19-24,27-28,30-37,41-45,49-51,53-61,64-65H,11,13-17H2,1-9H3;/q;+2/p-2/t19-,20?,21?,22?,23?,24?,27+,28?,30?,31?,32?,33?,34?,35?,36?,37?,41+,42?,43?,44?,45?,49+,50+,51?,52?;/m1./s1. The van der Waals surface area contributed by atoms with Gasteiger partial charge in [-0.1, -0.05) is 17.6 Å². The van der Waals surface area contributed by atoms with E-state index in [1.165, 1.54) is 39.8 Å². The molecule has 5 saturated heterocycles. The molecule has 6 aliphatic rings. The zero-order valence-electron chi connectivity index (χ0n) is 44.6. The number of Topliss-reactive ketones (excluding diaryl/α,β-unsaturated/α-hetero) is 2. The molecule has 5 heterocycles. The van der Waals surface area contributed by atoms with Crippen molar-refractivity contribution in [3.8, 4) is 17.2 Å². The molecule has 1 aliphatic carbocycles. The molecule has 0 aromatic heterocycles. The van der Waals surface area contributed by atoms with Crippen LogP contribution < -0.4 is 14.9 Å². The van der Waals surface area contributed by atoms with Gasteiger partial charge in [0.2, 0.25) is 6.29 Å². The first-order valence-electron chi connectivity index (χ1n) is 26.0. The minimum atomic E-state index is -1.97. The van der Waals surface area contributed by atoms with Gasteiger partial charge in [-0.05, 0) is 89.8 Å². The fourth-order valence-electron chi connectivity index (χ4n) is 11.3. The Morgan fingerprint density at radius 3 is 1.70 bits per heavy atom. The molecule has 77 heavy (non-hydrogen) atoms. The molecule has 0 spiro atoms. The molecule has 20 unspecified atom stereocenters. The molecular formula is C52H74MgO24. The smallest absolute Gasteiger partial charge is 0.872 e. The maximum atomic E-state index is 15.0. The molecule has 9 N–H and O–H groups in total. The van der Waals surface area contributed by atoms with Crippen LogP contribution in [0.1, 0.15) is 102 Å². The van der Waals surface area contributed by atoms with Crippen molar-refractivity contribution in [1.29, 1.82) is 0 Å². The van der Waals surface area contributed by atoms with Crippen LogP contribution in [0.5, 0.6) is 17.2 Å². The summed E-state index contributed by atoms with van der Waals surface area (Å²) in [6, 6.07) is 2.87. The van der Waals surface area contributed by atoms with E-state index >= 15 is 0 Å². The van der Waals surface area contributed by atoms with Crippen LogP contribution in [0.2, 0.25) is 0 Å². The molecule has 25 atom stereocenters. The second-order valence-corrected chi connectivity index (χ2v) is 21.7. The molecule has 2 aromatic rings. The number of rotatable bonds is 15. The van der Waals surface area contributed by atoms with Crippen molar-refractivity contribution in [2.24, 2.45) is 5.92 Å². The first-order chi connectivity index (χ1) is 35.7. The first kappa shape index (κ1) is 62.1. The van der Waals surface area contributed by atoms with Crippen LogP contribution in [-0.4, -0.2) is 235 Å². The van der Waals surface area contributed by atoms with Crippen molar-refractivity contribution in [2.75, 3.05) is 7.11 Å². The fraction of sp³-hybridized carbons (Fsp3) is 0.769. The van der Waals surface area contributed by atoms with Crippen molar-refractivity contribution in [3.63, 3.8) is 0 Å². The van der Waals surface area contributed by atoms with Gasteiger partial charge in [0.25, 0.3) is 0 Å². The Balaban J connectivity index is 0.00000861. The van der Waals surface area contributed by atoms with Crippen LogP contribution in [0, 0.1) is 12.8 Å². The second-order valence-electron chi connectivity index (χ2n) is 21.7. The van der Waals surface area contributed by atoms with Crippen LogP contribution in [0.15, 0.2) is 12.1 Å². The van der Waals surface area contributed by atoms with Crippen LogP contribution >= 0.6 is 0 Å². The molecule has 428 valence electrons. The van der Waals surface area contributed by atoms with Crippen LogP contribution in [-0.2, 0) is 58.6 Å². The third-order valence-electron chi connectivity index (χ3n) is 15.8. The molecule has 2 aromatic carbocycles. The normalized spacial score (nSPS) is 41.9. The van der Waals surface area contributed by atoms with Gasteiger partial charge in [0.1, 0.15) is 54.6 Å². The Bertz CT molecular complexity index is 2360. The molecule has 0 bridgehead atoms. The van der Waals surface area contributed by atoms with Gasteiger partial charge in [-0.2, -0.15) is 0 Å². The van der Waals surface area contributed by atoms with Gasteiger partial charge < -0.3 is 108 Å². The van der Waals surface area contributed by atoms with E-state index in [0.29, 0.717) is 0 Å². The summed E-state index contributed by atoms with van der Waals surface area (Å²) in [6.45, 7) is 11.9. The number of ether oxygens (including phenoxy) is 11. The summed E-state index contributed by atoms with van der Waals surface area (Å²) in [5.41, 5.74) is -1.87. The van der Waals surface area contributed by atoms with Gasteiger partial charge >= 0.3 is 23.1 Å². The number of hydrogen-bond acceptors (Lipinski definition) is 24. The van der Waals surface area contributed by atoms with E-state index in [4.69, 9.17) is 52.1 Å². The van der Waals surface area contributed by atoms with Crippen LogP contribution in [0.3, 0.4) is 0 Å². The van der Waals surface area contributed by atoms with E-state index < -0.39 is 181 Å². The fourth-order valence-corrected chi connectivity index (χ4v) is 11.3. The van der Waals surface area contributed by atoms with E-state index in [9.17, 15) is 65.8 Å². The largest absolute Gasteiger partial charge is 2.00 e. The van der Waals surface area contributed by atoms with Crippen molar-refractivity contribution in [2.45, 2.75) is 241 Å². The molecule has 5 aliphatic heterocycles. The molecule has 0 radical (unpaired) electrons. The molecule has 5 fully saturated rings. The number of hydrogen-bond donors (Lipinski definition) is 9. The van der Waals surface area contributed by atoms with E-state index in [-0.39, 0.29) is 89.2 Å². The first-order valence-corrected chi connectivity index (χ1v) is 26.0. The van der Waals surface area contributed by atoms with Gasteiger partial charge in [0, 0.05) is 50.7 Å². The quantitative estimate of drug-likeness (QED) is 0.0880. The van der Waals surface area contributed by atoms with Gasteiger partial charge in [-0.15, -0.1) is 0 Å². The van der Waals surface area contributed by atoms with Gasteiger partial charge in [-0.3, -0.25) is 9.59 Å². The summed E-state index contributed by atoms with van der Waals surface area (Å²) in [7, 11) is 1.16. The van der Waals surface area contributed by atoms with Crippen LogP contribution in [0.4, 0.5) is 0 Å². The molecule has 0 amide bonds. The zero-order chi connectivity index (χ0) is 55.6. The van der Waals surface area contributed by atoms with Gasteiger partial charge in [-0.25, -0.2) is 0 Å². The van der Waals surface area contributed by atoms with E-state index in [1.807, 2.05) is 0 Å². The number of ketones is 2. The van der Waals surface area contributed by atoms with Gasteiger partial charge in [0.15, 0.2) is 36.7 Å². The molecule has 25 heteroatoms. The zero-order valence-corrected chi connectivity index (χ0v) is 46.0. The number of aliphatic hydroxyl groups excluding tert-OH is 8. The van der Waals surface area contributed by atoms with Crippen molar-refractivity contribution in [3.05, 3.63) is 28.8 Å². The summed E-state index contributed by atoms with van der Waals surface area (Å²) in [6.07, 6.45) is -27.6. The maximum Gasteiger partial charge on any atom is 2.00 e. The summed E-state index contributed by atoms with van der Waals surface area (Å²) in [5.74, 6) is -4.94. The Morgan fingerprint density at radius 1 is 0.701 bits per heavy atom. The van der Waals surface area contributed by atoms with E-state index in [1.54, 1.807) is 27.7 Å². The molecular weight excluding hydrogens is 1030 g/mol. The minimum Gasteiger partial charge on any atom is -0.872 e. The number of methoxy groups -OCH3 is 1. The maximum absolute atomic E-state index is 15.0. The SMILES string of the molecule is CO[C@H](C(=O)[C@@H](O)[C@@H](C)O)[C@@H]1Cc2cc3cc(OC4CC(OC5CC(O)C(O)C(C)O5)C(O)C(C)O4)c(C)c([O-])c3c([O-])c2C(=O)[C@H]1OC1CC(OC2CC(OC3CC(C)(O)C(O)C(C)O3)C(O)C(C)O2)C(O)C(C)O1.[Mg+2]. The number of carbonyl (C=O) groups excluding carboxylic acids is 2. The topological polar surface area (TPSA) is 364 Å². The van der Waals surface area contributed by atoms with Crippen molar-refractivity contribution >= 4 is 45.4 Å². The Kier molecular flexibility index (Phi) is 20.1. The summed E-state index contributed by atoms with van der Waals surface area (Å²) < 4.78 is 66.3. The molecule has 8 rings (SSSR count). The summed E-state index contributed by atoms with van der Waals surface area (Å²) >= 11 is 0. The third kappa shape index (κ3) is 12.9. The Labute approximate surface area is 461 Å².